The molecule has 0 aliphatic carbocycles. The Balaban J connectivity index is 0.00000243. The van der Waals surface area contributed by atoms with Crippen LogP contribution in [0.5, 0.6) is 11.5 Å². The van der Waals surface area contributed by atoms with Gasteiger partial charge >= 0.3 is 0 Å². The minimum Gasteiger partial charge on any atom is -0.453 e. The zero-order valence-electron chi connectivity index (χ0n) is 13.7. The van der Waals surface area contributed by atoms with Gasteiger partial charge in [0.1, 0.15) is 11.4 Å². The fourth-order valence-electron chi connectivity index (χ4n) is 2.34. The number of fused-ring (bicyclic) bond motifs is 1. The number of hydrogen-bond acceptors (Lipinski definition) is 4. The number of nitrogens with one attached hydrogen (secondary N) is 2. The second kappa shape index (κ2) is 7.55. The molecule has 136 valence electrons. The van der Waals surface area contributed by atoms with Crippen LogP contribution in [-0.4, -0.2) is 28.8 Å². The zero-order chi connectivity index (χ0) is 18.1. The molecule has 0 fully saturated rings. The molecule has 7 nitrogen and oxygen atoms in total. The summed E-state index contributed by atoms with van der Waals surface area (Å²) in [7, 11) is 1.42. The molecule has 0 bridgehead atoms. The maximum Gasteiger partial charge on any atom is 0.276 e. The first-order valence-electron chi connectivity index (χ1n) is 7.34. The summed E-state index contributed by atoms with van der Waals surface area (Å²) in [6, 6.07) is 12.1. The van der Waals surface area contributed by atoms with E-state index in [4.69, 9.17) is 33.2 Å². The minimum atomic E-state index is -0.454. The van der Waals surface area contributed by atoms with Crippen molar-refractivity contribution in [2.75, 3.05) is 12.8 Å². The van der Waals surface area contributed by atoms with E-state index in [0.29, 0.717) is 33.1 Å². The largest absolute Gasteiger partial charge is 0.453 e. The quantitative estimate of drug-likeness (QED) is 0.308. The average Bonchev–Trinajstić information content (AvgIpc) is 3.04. The van der Waals surface area contributed by atoms with E-state index in [2.05, 4.69) is 4.98 Å². The number of rotatable bonds is 3. The second-order valence-corrected chi connectivity index (χ2v) is 5.81. The summed E-state index contributed by atoms with van der Waals surface area (Å²) in [5, 5.41) is 8.46. The molecule has 0 atom stereocenters. The summed E-state index contributed by atoms with van der Waals surface area (Å²) in [5.41, 5.74) is 12.6. The van der Waals surface area contributed by atoms with E-state index in [1.807, 2.05) is 12.1 Å². The predicted octanol–water partition coefficient (Wildman–Crippen LogP) is 3.58. The molecule has 3 aromatic rings. The smallest absolute Gasteiger partial charge is 0.276 e. The highest BCUT2D eigenvalue weighted by Crippen LogP contribution is 2.36. The maximum absolute atomic E-state index is 12.4. The number of carbonyl (C=O) groups is 1. The van der Waals surface area contributed by atoms with Gasteiger partial charge < -0.3 is 21.2 Å². The van der Waals surface area contributed by atoms with Crippen LogP contribution >= 0.6 is 24.0 Å². The van der Waals surface area contributed by atoms with Crippen molar-refractivity contribution in [2.45, 2.75) is 0 Å². The summed E-state index contributed by atoms with van der Waals surface area (Å²) in [5.74, 6) is 0.157. The van der Waals surface area contributed by atoms with Crippen LogP contribution in [0.15, 0.2) is 42.5 Å². The molecule has 0 aliphatic rings. The third kappa shape index (κ3) is 3.54. The molecule has 3 rings (SSSR count). The predicted molar refractivity (Wildman–Crippen MR) is 105 cm³/mol. The van der Waals surface area contributed by atoms with E-state index in [0.717, 1.165) is 4.90 Å². The highest BCUT2D eigenvalue weighted by atomic mass is 35.5. The van der Waals surface area contributed by atoms with Crippen LogP contribution in [0.4, 0.5) is 5.69 Å². The Kier molecular flexibility index (Phi) is 5.64. The van der Waals surface area contributed by atoms with Crippen LogP contribution in [0.25, 0.3) is 10.9 Å². The molecule has 1 amide bonds. The van der Waals surface area contributed by atoms with Gasteiger partial charge in [0.15, 0.2) is 11.7 Å². The minimum absolute atomic E-state index is 0. The summed E-state index contributed by atoms with van der Waals surface area (Å²) >= 11 is 6.23. The van der Waals surface area contributed by atoms with Crippen molar-refractivity contribution in [3.8, 4) is 11.5 Å². The monoisotopic (exact) mass is 393 g/mol. The van der Waals surface area contributed by atoms with Gasteiger partial charge in [-0.3, -0.25) is 15.1 Å². The Hall–Kier alpha value is -2.90. The van der Waals surface area contributed by atoms with E-state index in [1.165, 1.54) is 7.05 Å². The Morgan fingerprint density at radius 2 is 1.92 bits per heavy atom. The van der Waals surface area contributed by atoms with Crippen LogP contribution < -0.4 is 16.2 Å². The zero-order valence-corrected chi connectivity index (χ0v) is 15.3. The Labute approximate surface area is 160 Å². The fraction of sp³-hybridized carbons (Fsp3) is 0.0588. The number of carbonyl (C=O) groups excluding carboxylic acids is 1. The number of hydrogen-bond donors (Lipinski definition) is 4. The number of guanidine groups is 1. The number of H-pyrrole nitrogens is 1. The van der Waals surface area contributed by atoms with E-state index in [9.17, 15) is 4.79 Å². The number of nitrogens with zero attached hydrogens (tertiary/aromatic N) is 1. The molecular weight excluding hydrogens is 377 g/mol. The molecule has 2 aromatic carbocycles. The number of ether oxygens (including phenoxy) is 1. The van der Waals surface area contributed by atoms with Crippen LogP contribution in [0.3, 0.4) is 0 Å². The molecule has 1 aromatic heterocycles. The average molecular weight is 394 g/mol. The lowest BCUT2D eigenvalue weighted by Crippen LogP contribution is -2.38. The lowest BCUT2D eigenvalue weighted by molar-refractivity contribution is 0.0864. The number of anilines is 1. The first-order chi connectivity index (χ1) is 11.9. The van der Waals surface area contributed by atoms with Crippen molar-refractivity contribution < 1.29 is 9.53 Å². The molecule has 26 heavy (non-hydrogen) atoms. The molecule has 0 saturated carbocycles. The molecular formula is C17H17Cl2N5O2. The third-order valence-electron chi connectivity index (χ3n) is 3.74. The summed E-state index contributed by atoms with van der Waals surface area (Å²) in [6.45, 7) is 0. The van der Waals surface area contributed by atoms with E-state index in [-0.39, 0.29) is 24.1 Å². The lowest BCUT2D eigenvalue weighted by atomic mass is 10.2. The van der Waals surface area contributed by atoms with E-state index >= 15 is 0 Å². The maximum atomic E-state index is 12.4. The first kappa shape index (κ1) is 19.4. The van der Waals surface area contributed by atoms with Gasteiger partial charge in [-0.2, -0.15) is 0 Å². The highest BCUT2D eigenvalue weighted by Gasteiger charge is 2.19. The molecule has 6 N–H and O–H groups in total. The van der Waals surface area contributed by atoms with Crippen molar-refractivity contribution in [1.29, 1.82) is 5.41 Å². The number of nitrogen functional groups attached to an aromatic ring is 1. The molecule has 0 radical (unpaired) electrons. The van der Waals surface area contributed by atoms with Crippen LogP contribution in [0.1, 0.15) is 10.5 Å². The number of nitrogens with two attached hydrogens (primary N) is 2. The summed E-state index contributed by atoms with van der Waals surface area (Å²) in [6.07, 6.45) is 0. The van der Waals surface area contributed by atoms with Crippen molar-refractivity contribution >= 4 is 52.5 Å². The summed E-state index contributed by atoms with van der Waals surface area (Å²) in [4.78, 5) is 16.4. The number of benzene rings is 2. The molecule has 0 spiro atoms. The number of aromatic nitrogens is 1. The highest BCUT2D eigenvalue weighted by molar-refractivity contribution is 6.36. The Morgan fingerprint density at radius 1 is 1.23 bits per heavy atom. The normalized spacial score (nSPS) is 10.2. The molecule has 0 unspecified atom stereocenters. The second-order valence-electron chi connectivity index (χ2n) is 5.41. The molecule has 9 heteroatoms. The van der Waals surface area contributed by atoms with Gasteiger partial charge in [-0.05, 0) is 30.3 Å². The molecule has 0 aliphatic heterocycles. The van der Waals surface area contributed by atoms with Crippen molar-refractivity contribution in [3.63, 3.8) is 0 Å². The van der Waals surface area contributed by atoms with Crippen LogP contribution in [0.2, 0.25) is 5.02 Å². The van der Waals surface area contributed by atoms with Crippen molar-refractivity contribution in [2.24, 2.45) is 5.73 Å². The van der Waals surface area contributed by atoms with Gasteiger partial charge in [0.25, 0.3) is 5.91 Å². The number of aromatic amines is 1. The number of amides is 1. The molecule has 0 saturated heterocycles. The van der Waals surface area contributed by atoms with Gasteiger partial charge in [-0.1, -0.05) is 23.7 Å². The van der Waals surface area contributed by atoms with Gasteiger partial charge in [0.2, 0.25) is 0 Å². The standard InChI is InChI=1S/C17H16ClN5O2.ClH/c1-23(17(20)21)16(24)12-8-9-10(18)6-7-14(15(9)22-12)25-13-5-3-2-4-11(13)19;/h2-8,22H,19H2,1H3,(H3,20,21);1H. The van der Waals surface area contributed by atoms with Crippen LogP contribution in [-0.2, 0) is 0 Å². The number of para-hydroxylation sites is 2. The van der Waals surface area contributed by atoms with E-state index in [1.54, 1.807) is 30.3 Å². The van der Waals surface area contributed by atoms with Gasteiger partial charge in [-0.25, -0.2) is 0 Å². The van der Waals surface area contributed by atoms with Gasteiger partial charge in [-0.15, -0.1) is 12.4 Å². The number of halogens is 2. The van der Waals surface area contributed by atoms with Crippen molar-refractivity contribution in [1.82, 2.24) is 9.88 Å². The van der Waals surface area contributed by atoms with Gasteiger partial charge in [0, 0.05) is 12.4 Å². The van der Waals surface area contributed by atoms with Crippen LogP contribution in [0, 0.1) is 5.41 Å². The van der Waals surface area contributed by atoms with Gasteiger partial charge in [0.05, 0.1) is 16.2 Å². The fourth-order valence-corrected chi connectivity index (χ4v) is 2.55. The first-order valence-corrected chi connectivity index (χ1v) is 7.72. The SMILES string of the molecule is CN(C(=N)N)C(=O)c1cc2c(Cl)ccc(Oc3ccccc3N)c2[nH]1.Cl. The Bertz CT molecular complexity index is 986. The van der Waals surface area contributed by atoms with E-state index < -0.39 is 5.91 Å². The van der Waals surface area contributed by atoms with Crippen molar-refractivity contribution in [3.05, 3.63) is 53.2 Å². The third-order valence-corrected chi connectivity index (χ3v) is 4.07. The lowest BCUT2D eigenvalue weighted by Gasteiger charge is -2.13. The topological polar surface area (TPSA) is 121 Å². The summed E-state index contributed by atoms with van der Waals surface area (Å²) < 4.78 is 5.87. The molecule has 1 heterocycles. The Morgan fingerprint density at radius 3 is 2.58 bits per heavy atom.